The van der Waals surface area contributed by atoms with Crippen molar-refractivity contribution in [2.24, 2.45) is 0 Å². The molecule has 3 aromatic carbocycles. The van der Waals surface area contributed by atoms with Gasteiger partial charge in [0.2, 0.25) is 15.7 Å². The number of aryl methyl sites for hydroxylation is 2. The van der Waals surface area contributed by atoms with Crippen molar-refractivity contribution < 1.29 is 22.7 Å². The van der Waals surface area contributed by atoms with Gasteiger partial charge in [0.05, 0.1) is 31.3 Å². The number of ether oxygens (including phenoxy) is 2. The van der Waals surface area contributed by atoms with Crippen molar-refractivity contribution in [2.75, 3.05) is 31.4 Å². The molecular weight excluding hydrogens is 428 g/mol. The molecule has 0 aliphatic heterocycles. The molecule has 1 amide bonds. The van der Waals surface area contributed by atoms with Crippen LogP contribution in [-0.2, 0) is 14.6 Å². The molecule has 7 nitrogen and oxygen atoms in total. The Morgan fingerprint density at radius 1 is 0.906 bits per heavy atom. The number of amides is 1. The van der Waals surface area contributed by atoms with Crippen LogP contribution in [0.1, 0.15) is 11.1 Å². The second-order valence-corrected chi connectivity index (χ2v) is 9.10. The number of sulfone groups is 1. The van der Waals surface area contributed by atoms with Gasteiger partial charge >= 0.3 is 0 Å². The molecule has 0 aliphatic carbocycles. The second-order valence-electron chi connectivity index (χ2n) is 7.21. The van der Waals surface area contributed by atoms with Crippen LogP contribution in [0.4, 0.5) is 11.4 Å². The van der Waals surface area contributed by atoms with Crippen molar-refractivity contribution >= 4 is 27.1 Å². The van der Waals surface area contributed by atoms with E-state index in [1.807, 2.05) is 32.0 Å². The fraction of sp³-hybridized carbons (Fsp3) is 0.208. The molecule has 0 aliphatic rings. The van der Waals surface area contributed by atoms with Gasteiger partial charge in [-0.15, -0.1) is 0 Å². The Kier molecular flexibility index (Phi) is 7.05. The van der Waals surface area contributed by atoms with E-state index < -0.39 is 9.84 Å². The van der Waals surface area contributed by atoms with Crippen LogP contribution in [0.5, 0.6) is 11.5 Å². The summed E-state index contributed by atoms with van der Waals surface area (Å²) in [5.74, 6) is 0.0280. The number of anilines is 2. The summed E-state index contributed by atoms with van der Waals surface area (Å²) < 4.78 is 37.6. The number of rotatable bonds is 8. The van der Waals surface area contributed by atoms with Gasteiger partial charge in [-0.2, -0.15) is 0 Å². The fourth-order valence-electron chi connectivity index (χ4n) is 3.26. The zero-order chi connectivity index (χ0) is 23.3. The van der Waals surface area contributed by atoms with Crippen molar-refractivity contribution in [3.63, 3.8) is 0 Å². The summed E-state index contributed by atoms with van der Waals surface area (Å²) >= 11 is 0. The molecule has 0 radical (unpaired) electrons. The van der Waals surface area contributed by atoms with Gasteiger partial charge in [0.15, 0.2) is 11.5 Å². The number of nitrogens with one attached hydrogen (secondary N) is 2. The third-order valence-electron chi connectivity index (χ3n) is 4.93. The van der Waals surface area contributed by atoms with Gasteiger partial charge in [0.1, 0.15) is 4.90 Å². The molecule has 3 rings (SSSR count). The van der Waals surface area contributed by atoms with Gasteiger partial charge in [0.25, 0.3) is 0 Å². The van der Waals surface area contributed by atoms with E-state index in [1.165, 1.54) is 26.4 Å². The lowest BCUT2D eigenvalue weighted by atomic mass is 10.1. The molecule has 3 aromatic rings. The Morgan fingerprint density at radius 2 is 1.62 bits per heavy atom. The van der Waals surface area contributed by atoms with Crippen molar-refractivity contribution in [3.05, 3.63) is 71.8 Å². The van der Waals surface area contributed by atoms with Gasteiger partial charge in [0, 0.05) is 5.69 Å². The first-order valence-electron chi connectivity index (χ1n) is 9.94. The maximum absolute atomic E-state index is 13.4. The number of methoxy groups -OCH3 is 2. The van der Waals surface area contributed by atoms with E-state index in [1.54, 1.807) is 30.3 Å². The summed E-state index contributed by atoms with van der Waals surface area (Å²) in [5, 5.41) is 5.80. The highest BCUT2D eigenvalue weighted by Gasteiger charge is 2.29. The Balaban J connectivity index is 1.95. The van der Waals surface area contributed by atoms with E-state index in [0.29, 0.717) is 5.69 Å². The van der Waals surface area contributed by atoms with Gasteiger partial charge in [-0.3, -0.25) is 4.79 Å². The van der Waals surface area contributed by atoms with E-state index in [0.717, 1.165) is 11.1 Å². The molecule has 0 atom stereocenters. The Bertz CT molecular complexity index is 1220. The molecule has 32 heavy (non-hydrogen) atoms. The molecule has 0 bridgehead atoms. The van der Waals surface area contributed by atoms with Crippen LogP contribution in [0.25, 0.3) is 0 Å². The minimum atomic E-state index is -3.96. The summed E-state index contributed by atoms with van der Waals surface area (Å²) in [7, 11) is -1.16. The van der Waals surface area contributed by atoms with E-state index in [2.05, 4.69) is 10.6 Å². The zero-order valence-electron chi connectivity index (χ0n) is 18.4. The van der Waals surface area contributed by atoms with E-state index in [9.17, 15) is 13.2 Å². The standard InChI is InChI=1S/C24H26N2O5S/c1-16-10-11-17(2)20(14-16)26-22(27)15-25-19-12-13-21(30-3)23(31-4)24(19)32(28,29)18-8-6-5-7-9-18/h5-14,25H,15H2,1-4H3,(H,26,27). The van der Waals surface area contributed by atoms with Gasteiger partial charge in [-0.1, -0.05) is 30.3 Å². The zero-order valence-corrected chi connectivity index (χ0v) is 19.2. The van der Waals surface area contributed by atoms with Gasteiger partial charge < -0.3 is 20.1 Å². The molecule has 0 spiro atoms. The molecule has 0 saturated heterocycles. The first-order chi connectivity index (χ1) is 15.3. The minimum Gasteiger partial charge on any atom is -0.493 e. The molecule has 0 unspecified atom stereocenters. The van der Waals surface area contributed by atoms with Gasteiger partial charge in [-0.05, 0) is 55.3 Å². The predicted octanol–water partition coefficient (Wildman–Crippen LogP) is 4.20. The van der Waals surface area contributed by atoms with E-state index in [-0.39, 0.29) is 39.4 Å². The number of benzene rings is 3. The third-order valence-corrected chi connectivity index (χ3v) is 6.76. The van der Waals surface area contributed by atoms with Crippen molar-refractivity contribution in [3.8, 4) is 11.5 Å². The monoisotopic (exact) mass is 454 g/mol. The maximum atomic E-state index is 13.4. The minimum absolute atomic E-state index is 0.0660. The van der Waals surface area contributed by atoms with E-state index >= 15 is 0 Å². The highest BCUT2D eigenvalue weighted by atomic mass is 32.2. The number of carbonyl (C=O) groups is 1. The molecule has 168 valence electrons. The lowest BCUT2D eigenvalue weighted by Crippen LogP contribution is -2.23. The summed E-state index contributed by atoms with van der Waals surface area (Å²) in [6, 6.07) is 17.0. The lowest BCUT2D eigenvalue weighted by Gasteiger charge is -2.18. The summed E-state index contributed by atoms with van der Waals surface area (Å²) in [4.78, 5) is 12.6. The van der Waals surface area contributed by atoms with Crippen LogP contribution in [0.2, 0.25) is 0 Å². The number of hydrogen-bond donors (Lipinski definition) is 2. The normalized spacial score (nSPS) is 11.0. The van der Waals surface area contributed by atoms with Gasteiger partial charge in [-0.25, -0.2) is 8.42 Å². The van der Waals surface area contributed by atoms with Crippen molar-refractivity contribution in [1.29, 1.82) is 0 Å². The smallest absolute Gasteiger partial charge is 0.243 e. The second kappa shape index (κ2) is 9.74. The average molecular weight is 455 g/mol. The quantitative estimate of drug-likeness (QED) is 0.530. The fourth-order valence-corrected chi connectivity index (χ4v) is 4.87. The summed E-state index contributed by atoms with van der Waals surface area (Å²) in [6.07, 6.45) is 0. The van der Waals surface area contributed by atoms with Crippen LogP contribution < -0.4 is 20.1 Å². The van der Waals surface area contributed by atoms with Crippen LogP contribution in [0.3, 0.4) is 0 Å². The largest absolute Gasteiger partial charge is 0.493 e. The van der Waals surface area contributed by atoms with Crippen LogP contribution in [0.15, 0.2) is 70.5 Å². The lowest BCUT2D eigenvalue weighted by molar-refractivity contribution is -0.114. The maximum Gasteiger partial charge on any atom is 0.243 e. The van der Waals surface area contributed by atoms with Crippen LogP contribution in [0, 0.1) is 13.8 Å². The first-order valence-corrected chi connectivity index (χ1v) is 11.4. The molecule has 8 heteroatoms. The predicted molar refractivity (Wildman–Crippen MR) is 124 cm³/mol. The highest BCUT2D eigenvalue weighted by Crippen LogP contribution is 2.42. The number of carbonyl (C=O) groups excluding carboxylic acids is 1. The van der Waals surface area contributed by atoms with E-state index in [4.69, 9.17) is 9.47 Å². The molecule has 0 fully saturated rings. The Morgan fingerprint density at radius 3 is 2.28 bits per heavy atom. The Hall–Kier alpha value is -3.52. The third kappa shape index (κ3) is 4.86. The molecule has 0 aromatic heterocycles. The molecule has 0 heterocycles. The van der Waals surface area contributed by atoms with Crippen molar-refractivity contribution in [1.82, 2.24) is 0 Å². The van der Waals surface area contributed by atoms with Crippen LogP contribution in [-0.4, -0.2) is 35.1 Å². The molecule has 2 N–H and O–H groups in total. The summed E-state index contributed by atoms with van der Waals surface area (Å²) in [5.41, 5.74) is 2.90. The molecular formula is C24H26N2O5S. The number of hydrogen-bond acceptors (Lipinski definition) is 6. The Labute approximate surface area is 188 Å². The SMILES string of the molecule is COc1ccc(NCC(=O)Nc2cc(C)ccc2C)c(S(=O)(=O)c2ccccc2)c1OC. The average Bonchev–Trinajstić information content (AvgIpc) is 2.79. The first kappa shape index (κ1) is 23.1. The summed E-state index contributed by atoms with van der Waals surface area (Å²) in [6.45, 7) is 3.71. The van der Waals surface area contributed by atoms with Crippen LogP contribution >= 0.6 is 0 Å². The molecule has 0 saturated carbocycles. The highest BCUT2D eigenvalue weighted by molar-refractivity contribution is 7.91. The topological polar surface area (TPSA) is 93.7 Å². The van der Waals surface area contributed by atoms with Crippen molar-refractivity contribution in [2.45, 2.75) is 23.6 Å².